The smallest absolute Gasteiger partial charge is 0.258 e. The Hall–Kier alpha value is -1.15. The van der Waals surface area contributed by atoms with Gasteiger partial charge in [-0.25, -0.2) is 17.2 Å². The highest BCUT2D eigenvalue weighted by Crippen LogP contribution is 2.24. The van der Waals surface area contributed by atoms with Gasteiger partial charge in [0.25, 0.3) is 5.91 Å². The third kappa shape index (κ3) is 3.21. The van der Waals surface area contributed by atoms with Gasteiger partial charge >= 0.3 is 0 Å². The van der Waals surface area contributed by atoms with Gasteiger partial charge < -0.3 is 4.90 Å². The lowest BCUT2D eigenvalue weighted by Gasteiger charge is -2.34. The molecule has 0 aliphatic carbocycles. The third-order valence-electron chi connectivity index (χ3n) is 3.34. The lowest BCUT2D eigenvalue weighted by Crippen LogP contribution is -2.50. The first-order chi connectivity index (χ1) is 9.88. The van der Waals surface area contributed by atoms with E-state index in [9.17, 15) is 22.0 Å². The molecule has 1 aromatic carbocycles. The van der Waals surface area contributed by atoms with Gasteiger partial charge in [0, 0.05) is 23.8 Å². The maximum atomic E-state index is 13.7. The summed E-state index contributed by atoms with van der Waals surface area (Å²) in [6.45, 7) is 1.70. The fraction of sp³-hybridized carbons (Fsp3) is 0.462. The van der Waals surface area contributed by atoms with E-state index in [0.717, 1.165) is 17.0 Å². The lowest BCUT2D eigenvalue weighted by molar-refractivity contribution is 0.0743. The van der Waals surface area contributed by atoms with Crippen molar-refractivity contribution in [2.75, 3.05) is 23.8 Å². The van der Waals surface area contributed by atoms with Crippen LogP contribution in [0.3, 0.4) is 0 Å². The normalized spacial score (nSPS) is 19.6. The fourth-order valence-corrected chi connectivity index (χ4v) is 5.09. The van der Waals surface area contributed by atoms with Gasteiger partial charge in [0.2, 0.25) is 0 Å². The molecule has 1 saturated heterocycles. The molecule has 1 heterocycles. The molecule has 0 N–H and O–H groups in total. The molecule has 0 saturated carbocycles. The van der Waals surface area contributed by atoms with Crippen molar-refractivity contribution in [1.82, 2.24) is 4.90 Å². The number of benzene rings is 1. The van der Waals surface area contributed by atoms with Gasteiger partial charge in [0.15, 0.2) is 21.5 Å². The van der Waals surface area contributed by atoms with Gasteiger partial charge in [-0.2, -0.15) is 11.8 Å². The third-order valence-corrected chi connectivity index (χ3v) is 6.63. The summed E-state index contributed by atoms with van der Waals surface area (Å²) in [7, 11) is -3.48. The van der Waals surface area contributed by atoms with E-state index in [4.69, 9.17) is 0 Å². The molecule has 1 unspecified atom stereocenters. The summed E-state index contributed by atoms with van der Waals surface area (Å²) in [4.78, 5) is 13.5. The Morgan fingerprint density at radius 3 is 2.81 bits per heavy atom. The molecular formula is C13H15F2NO3S2. The standard InChI is InChI=1S/C13H15F2NO3S2/c1-2-21(18,19)11-8-20-7-6-16(11)13(17)9-4-3-5-10(14)12(9)15/h3-5,11H,2,6-8H2,1H3. The van der Waals surface area contributed by atoms with Crippen molar-refractivity contribution in [2.45, 2.75) is 12.3 Å². The van der Waals surface area contributed by atoms with Gasteiger partial charge in [-0.3, -0.25) is 4.79 Å². The van der Waals surface area contributed by atoms with Gasteiger partial charge in [-0.05, 0) is 12.1 Å². The average Bonchev–Trinajstić information content (AvgIpc) is 2.49. The first kappa shape index (κ1) is 16.2. The van der Waals surface area contributed by atoms with Crippen LogP contribution < -0.4 is 0 Å². The second-order valence-electron chi connectivity index (χ2n) is 4.58. The molecule has 1 amide bonds. The summed E-state index contributed by atoms with van der Waals surface area (Å²) in [5.74, 6) is -2.44. The highest BCUT2D eigenvalue weighted by molar-refractivity contribution is 8.01. The highest BCUT2D eigenvalue weighted by atomic mass is 32.2. The second kappa shape index (κ2) is 6.31. The minimum absolute atomic E-state index is 0.104. The maximum absolute atomic E-state index is 13.7. The zero-order valence-electron chi connectivity index (χ0n) is 11.4. The van der Waals surface area contributed by atoms with Crippen LogP contribution in [0.1, 0.15) is 17.3 Å². The summed E-state index contributed by atoms with van der Waals surface area (Å²) in [5.41, 5.74) is -0.432. The Kier molecular flexibility index (Phi) is 4.88. The molecule has 4 nitrogen and oxygen atoms in total. The molecule has 116 valence electrons. The van der Waals surface area contributed by atoms with Crippen molar-refractivity contribution >= 4 is 27.5 Å². The van der Waals surface area contributed by atoms with Crippen LogP contribution in [0.2, 0.25) is 0 Å². The quantitative estimate of drug-likeness (QED) is 0.847. The van der Waals surface area contributed by atoms with Crippen LogP contribution >= 0.6 is 11.8 Å². The van der Waals surface area contributed by atoms with Gasteiger partial charge in [0.1, 0.15) is 5.37 Å². The Balaban J connectivity index is 2.38. The molecule has 1 aromatic rings. The van der Waals surface area contributed by atoms with Crippen LogP contribution in [0.15, 0.2) is 18.2 Å². The topological polar surface area (TPSA) is 54.5 Å². The van der Waals surface area contributed by atoms with E-state index >= 15 is 0 Å². The molecule has 1 aliphatic rings. The van der Waals surface area contributed by atoms with Gasteiger partial charge in [-0.1, -0.05) is 13.0 Å². The first-order valence-corrected chi connectivity index (χ1v) is 9.29. The lowest BCUT2D eigenvalue weighted by atomic mass is 10.1. The van der Waals surface area contributed by atoms with E-state index in [2.05, 4.69) is 0 Å². The summed E-state index contributed by atoms with van der Waals surface area (Å²) in [5, 5.41) is -0.989. The molecule has 1 fully saturated rings. The van der Waals surface area contributed by atoms with Crippen molar-refractivity contribution < 1.29 is 22.0 Å². The van der Waals surface area contributed by atoms with Crippen molar-refractivity contribution in [2.24, 2.45) is 0 Å². The molecule has 0 bridgehead atoms. The number of hydrogen-bond acceptors (Lipinski definition) is 4. The number of thioether (sulfide) groups is 1. The SMILES string of the molecule is CCS(=O)(=O)C1CSCCN1C(=O)c1cccc(F)c1F. The molecule has 0 spiro atoms. The Morgan fingerprint density at radius 2 is 2.14 bits per heavy atom. The average molecular weight is 335 g/mol. The Labute approximate surface area is 126 Å². The summed E-state index contributed by atoms with van der Waals surface area (Å²) in [6.07, 6.45) is 0. The monoisotopic (exact) mass is 335 g/mol. The molecule has 1 atom stereocenters. The van der Waals surface area contributed by atoms with Crippen LogP contribution in [0, 0.1) is 11.6 Å². The molecule has 0 aromatic heterocycles. The molecular weight excluding hydrogens is 320 g/mol. The minimum atomic E-state index is -3.48. The molecule has 8 heteroatoms. The number of sulfone groups is 1. The van der Waals surface area contributed by atoms with Crippen LogP contribution in [-0.2, 0) is 9.84 Å². The van der Waals surface area contributed by atoms with E-state index in [1.54, 1.807) is 0 Å². The summed E-state index contributed by atoms with van der Waals surface area (Å²) in [6, 6.07) is 3.31. The Bertz CT molecular complexity index is 649. The van der Waals surface area contributed by atoms with Gasteiger partial charge in [-0.15, -0.1) is 0 Å². The number of nitrogens with zero attached hydrogens (tertiary/aromatic N) is 1. The van der Waals surface area contributed by atoms with Crippen LogP contribution in [0.5, 0.6) is 0 Å². The van der Waals surface area contributed by atoms with Crippen molar-refractivity contribution in [1.29, 1.82) is 0 Å². The zero-order valence-corrected chi connectivity index (χ0v) is 13.0. The van der Waals surface area contributed by atoms with Crippen molar-refractivity contribution in [3.8, 4) is 0 Å². The second-order valence-corrected chi connectivity index (χ2v) is 8.18. The van der Waals surface area contributed by atoms with E-state index in [1.807, 2.05) is 0 Å². The predicted molar refractivity (Wildman–Crippen MR) is 78.0 cm³/mol. The summed E-state index contributed by atoms with van der Waals surface area (Å²) >= 11 is 1.43. The predicted octanol–water partition coefficient (Wildman–Crippen LogP) is 1.91. The molecule has 2 rings (SSSR count). The van der Waals surface area contributed by atoms with E-state index in [1.165, 1.54) is 24.8 Å². The summed E-state index contributed by atoms with van der Waals surface area (Å²) < 4.78 is 51.1. The number of amides is 1. The first-order valence-electron chi connectivity index (χ1n) is 6.42. The van der Waals surface area contributed by atoms with E-state index in [0.29, 0.717) is 5.75 Å². The minimum Gasteiger partial charge on any atom is -0.320 e. The number of rotatable bonds is 3. The van der Waals surface area contributed by atoms with Crippen LogP contribution in [0.25, 0.3) is 0 Å². The fourth-order valence-electron chi connectivity index (χ4n) is 2.13. The Morgan fingerprint density at radius 1 is 1.43 bits per heavy atom. The van der Waals surface area contributed by atoms with E-state index < -0.39 is 38.3 Å². The van der Waals surface area contributed by atoms with Crippen molar-refractivity contribution in [3.63, 3.8) is 0 Å². The van der Waals surface area contributed by atoms with Gasteiger partial charge in [0.05, 0.1) is 5.56 Å². The number of carbonyl (C=O) groups is 1. The molecule has 1 aliphatic heterocycles. The molecule has 21 heavy (non-hydrogen) atoms. The zero-order chi connectivity index (χ0) is 15.6. The molecule has 0 radical (unpaired) electrons. The number of hydrogen-bond donors (Lipinski definition) is 0. The number of halogens is 2. The highest BCUT2D eigenvalue weighted by Gasteiger charge is 2.37. The van der Waals surface area contributed by atoms with Crippen LogP contribution in [-0.4, -0.2) is 48.4 Å². The van der Waals surface area contributed by atoms with Crippen molar-refractivity contribution in [3.05, 3.63) is 35.4 Å². The van der Waals surface area contributed by atoms with Crippen LogP contribution in [0.4, 0.5) is 8.78 Å². The number of carbonyl (C=O) groups excluding carboxylic acids is 1. The van der Waals surface area contributed by atoms with E-state index in [-0.39, 0.29) is 18.1 Å². The largest absolute Gasteiger partial charge is 0.320 e. The maximum Gasteiger partial charge on any atom is 0.258 e.